The molecule has 144 valence electrons. The molecule has 0 spiro atoms. The molecule has 0 aliphatic heterocycles. The monoisotopic (exact) mass is 363 g/mol. The molecule has 2 aromatic rings. The second-order valence-corrected chi connectivity index (χ2v) is 8.53. The first-order valence-electron chi connectivity index (χ1n) is 9.73. The first kappa shape index (κ1) is 20.9. The zero-order valence-corrected chi connectivity index (χ0v) is 17.6. The van der Waals surface area contributed by atoms with Crippen LogP contribution in [0.1, 0.15) is 59.1 Å². The van der Waals surface area contributed by atoms with Crippen molar-refractivity contribution in [2.45, 2.75) is 53.5 Å². The summed E-state index contributed by atoms with van der Waals surface area (Å²) in [7, 11) is 1.69. The lowest BCUT2D eigenvalue weighted by Crippen LogP contribution is -2.34. The Morgan fingerprint density at radius 3 is 2.11 bits per heavy atom. The van der Waals surface area contributed by atoms with Crippen molar-refractivity contribution in [3.05, 3.63) is 60.2 Å². The maximum absolute atomic E-state index is 5.29. The van der Waals surface area contributed by atoms with E-state index in [0.29, 0.717) is 0 Å². The molecule has 0 bridgehead atoms. The van der Waals surface area contributed by atoms with Crippen molar-refractivity contribution in [3.8, 4) is 17.6 Å². The fourth-order valence-electron chi connectivity index (χ4n) is 3.72. The predicted molar refractivity (Wildman–Crippen MR) is 116 cm³/mol. The highest BCUT2D eigenvalue weighted by molar-refractivity contribution is 5.49. The second kappa shape index (κ2) is 9.00. The molecule has 0 aromatic heterocycles. The van der Waals surface area contributed by atoms with E-state index >= 15 is 0 Å². The zero-order chi connectivity index (χ0) is 19.9. The van der Waals surface area contributed by atoms with E-state index in [9.17, 15) is 0 Å². The van der Waals surface area contributed by atoms with Crippen LogP contribution in [0, 0.1) is 22.7 Å². The molecule has 2 atom stereocenters. The molecule has 0 aliphatic carbocycles. The van der Waals surface area contributed by atoms with Crippen molar-refractivity contribution < 1.29 is 4.74 Å². The number of nitrogens with one attached hydrogen (secondary N) is 1. The highest BCUT2D eigenvalue weighted by atomic mass is 16.5. The summed E-state index contributed by atoms with van der Waals surface area (Å²) < 4.78 is 5.29. The molecule has 2 nitrogen and oxygen atoms in total. The van der Waals surface area contributed by atoms with Gasteiger partial charge in [-0.1, -0.05) is 63.9 Å². The fraction of sp³-hybridized carbons (Fsp3) is 0.440. The number of hydrogen-bond donors (Lipinski definition) is 1. The molecule has 0 aliphatic rings. The predicted octanol–water partition coefficient (Wildman–Crippen LogP) is 6.70. The lowest BCUT2D eigenvalue weighted by molar-refractivity contribution is 0.226. The summed E-state index contributed by atoms with van der Waals surface area (Å²) >= 11 is 0. The van der Waals surface area contributed by atoms with Crippen molar-refractivity contribution in [2.75, 3.05) is 12.4 Å². The van der Waals surface area contributed by atoms with E-state index in [4.69, 9.17) is 4.74 Å². The molecule has 2 unspecified atom stereocenters. The molecule has 27 heavy (non-hydrogen) atoms. The van der Waals surface area contributed by atoms with Crippen LogP contribution in [-0.4, -0.2) is 7.11 Å². The number of benzene rings is 2. The minimum Gasteiger partial charge on any atom is -0.497 e. The second-order valence-electron chi connectivity index (χ2n) is 8.53. The van der Waals surface area contributed by atoms with Gasteiger partial charge in [-0.25, -0.2) is 0 Å². The molecule has 0 radical (unpaired) electrons. The number of methoxy groups -OCH3 is 1. The highest BCUT2D eigenvalue weighted by Gasteiger charge is 2.37. The summed E-state index contributed by atoms with van der Waals surface area (Å²) in [6.07, 6.45) is 1.86. The highest BCUT2D eigenvalue weighted by Crippen LogP contribution is 2.44. The van der Waals surface area contributed by atoms with Crippen LogP contribution in [0.15, 0.2) is 54.6 Å². The average Bonchev–Trinajstić information content (AvgIpc) is 2.64. The normalized spacial score (nSPS) is 14.4. The van der Waals surface area contributed by atoms with E-state index in [1.54, 1.807) is 7.11 Å². The first-order chi connectivity index (χ1) is 12.8. The number of hydrogen-bond acceptors (Lipinski definition) is 2. The molecular weight excluding hydrogens is 330 g/mol. The van der Waals surface area contributed by atoms with E-state index in [1.165, 1.54) is 5.56 Å². The summed E-state index contributed by atoms with van der Waals surface area (Å²) in [5, 5.41) is 3.76. The number of rotatable bonds is 6. The molecule has 0 fully saturated rings. The Morgan fingerprint density at radius 2 is 1.59 bits per heavy atom. The molecular formula is C25H33NO. The third-order valence-electron chi connectivity index (χ3n) is 4.62. The smallest absolute Gasteiger partial charge is 0.119 e. The Balaban J connectivity index is 2.48. The quantitative estimate of drug-likeness (QED) is 0.576. The molecule has 1 N–H and O–H groups in total. The first-order valence-corrected chi connectivity index (χ1v) is 9.73. The summed E-state index contributed by atoms with van der Waals surface area (Å²) in [5.74, 6) is 7.82. The Morgan fingerprint density at radius 1 is 0.963 bits per heavy atom. The minimum absolute atomic E-state index is 0.0883. The Kier molecular flexibility index (Phi) is 6.97. The molecule has 0 amide bonds. The van der Waals surface area contributed by atoms with Gasteiger partial charge in [-0.3, -0.25) is 0 Å². The average molecular weight is 364 g/mol. The lowest BCUT2D eigenvalue weighted by atomic mass is 9.69. The molecule has 0 heterocycles. The lowest BCUT2D eigenvalue weighted by Gasteiger charge is -2.39. The van der Waals surface area contributed by atoms with Gasteiger partial charge in [0.05, 0.1) is 18.6 Å². The van der Waals surface area contributed by atoms with E-state index < -0.39 is 0 Å². The molecule has 2 heteroatoms. The van der Waals surface area contributed by atoms with E-state index in [1.807, 2.05) is 12.1 Å². The Hall–Kier alpha value is -2.40. The van der Waals surface area contributed by atoms with Crippen LogP contribution < -0.4 is 10.1 Å². The molecule has 0 saturated heterocycles. The summed E-state index contributed by atoms with van der Waals surface area (Å²) in [5.41, 5.74) is 2.30. The van der Waals surface area contributed by atoms with Crippen molar-refractivity contribution in [1.82, 2.24) is 0 Å². The van der Waals surface area contributed by atoms with Gasteiger partial charge in [0.1, 0.15) is 5.75 Å². The van der Waals surface area contributed by atoms with Gasteiger partial charge in [0.25, 0.3) is 0 Å². The van der Waals surface area contributed by atoms with Crippen LogP contribution in [0.3, 0.4) is 0 Å². The summed E-state index contributed by atoms with van der Waals surface area (Å²) in [6, 6.07) is 18.8. The van der Waals surface area contributed by atoms with Gasteiger partial charge in [-0.2, -0.15) is 0 Å². The van der Waals surface area contributed by atoms with Crippen LogP contribution in [-0.2, 0) is 0 Å². The van der Waals surface area contributed by atoms with Gasteiger partial charge in [-0.05, 0) is 48.6 Å². The topological polar surface area (TPSA) is 21.3 Å². The van der Waals surface area contributed by atoms with Gasteiger partial charge >= 0.3 is 0 Å². The van der Waals surface area contributed by atoms with E-state index in [-0.39, 0.29) is 16.9 Å². The van der Waals surface area contributed by atoms with E-state index in [2.05, 4.69) is 94.2 Å². The van der Waals surface area contributed by atoms with Crippen LogP contribution in [0.5, 0.6) is 5.75 Å². The van der Waals surface area contributed by atoms with Crippen molar-refractivity contribution in [2.24, 2.45) is 10.8 Å². The molecule has 2 rings (SSSR count). The molecule has 2 aromatic carbocycles. The van der Waals surface area contributed by atoms with Gasteiger partial charge in [0.15, 0.2) is 0 Å². The maximum Gasteiger partial charge on any atom is 0.119 e. The van der Waals surface area contributed by atoms with Crippen molar-refractivity contribution >= 4 is 5.69 Å². The third-order valence-corrected chi connectivity index (χ3v) is 4.62. The van der Waals surface area contributed by atoms with Crippen molar-refractivity contribution in [3.63, 3.8) is 0 Å². The van der Waals surface area contributed by atoms with Gasteiger partial charge in [-0.15, -0.1) is 5.92 Å². The third kappa shape index (κ3) is 6.07. The maximum atomic E-state index is 5.29. The van der Waals surface area contributed by atoms with Crippen LogP contribution in [0.4, 0.5) is 5.69 Å². The summed E-state index contributed by atoms with van der Waals surface area (Å²) in [6.45, 7) is 11.3. The Labute approximate surface area is 165 Å². The summed E-state index contributed by atoms with van der Waals surface area (Å²) in [4.78, 5) is 0. The van der Waals surface area contributed by atoms with Gasteiger partial charge in [0, 0.05) is 12.1 Å². The van der Waals surface area contributed by atoms with Crippen LogP contribution in [0.25, 0.3) is 0 Å². The van der Waals surface area contributed by atoms with Crippen molar-refractivity contribution in [1.29, 1.82) is 0 Å². The fourth-order valence-corrected chi connectivity index (χ4v) is 3.72. The Bertz CT molecular complexity index is 762. The molecule has 0 saturated carbocycles. The largest absolute Gasteiger partial charge is 0.497 e. The van der Waals surface area contributed by atoms with Crippen LogP contribution in [0.2, 0.25) is 0 Å². The zero-order valence-electron chi connectivity index (χ0n) is 17.6. The van der Waals surface area contributed by atoms with E-state index in [0.717, 1.165) is 24.3 Å². The number of anilines is 1. The van der Waals surface area contributed by atoms with Gasteiger partial charge in [0.2, 0.25) is 0 Å². The minimum atomic E-state index is -0.199. The SMILES string of the molecule is CCC#CC(C)(CC(C)(C)C)C(Nc1ccc(OC)cc1)c1ccccc1. The van der Waals surface area contributed by atoms with Gasteiger partial charge < -0.3 is 10.1 Å². The standard InChI is InChI=1S/C25H33NO/c1-7-8-18-25(5,19-24(2,3)4)23(20-12-10-9-11-13-20)26-21-14-16-22(27-6)17-15-21/h9-17,23,26H,7,19H2,1-6H3. The number of ether oxygens (including phenoxy) is 1. The van der Waals surface area contributed by atoms with Crippen LogP contribution >= 0.6 is 0 Å².